The molecule has 0 unspecified atom stereocenters. The van der Waals surface area contributed by atoms with Crippen molar-refractivity contribution >= 4 is 34.2 Å². The molecule has 1 amide bonds. The maximum Gasteiger partial charge on any atom is 0.224 e. The highest BCUT2D eigenvalue weighted by Crippen LogP contribution is 2.27. The molecule has 6 heteroatoms. The zero-order chi connectivity index (χ0) is 14.7. The molecule has 0 spiro atoms. The average molecular weight is 302 g/mol. The number of anilines is 1. The Kier molecular flexibility index (Phi) is 4.15. The Bertz CT molecular complexity index is 590. The SMILES string of the molecule is CCC(=O)Nc1ccc(C2=CSC(=NC3CC3)NN2)cc1. The van der Waals surface area contributed by atoms with Gasteiger partial charge in [0.25, 0.3) is 0 Å². The molecule has 1 aromatic carbocycles. The van der Waals surface area contributed by atoms with E-state index in [0.29, 0.717) is 12.5 Å². The second-order valence-electron chi connectivity index (χ2n) is 5.04. The summed E-state index contributed by atoms with van der Waals surface area (Å²) in [5, 5.41) is 5.82. The molecule has 1 aromatic rings. The molecule has 3 N–H and O–H groups in total. The number of rotatable bonds is 4. The molecule has 1 aliphatic carbocycles. The van der Waals surface area contributed by atoms with Crippen molar-refractivity contribution < 1.29 is 4.79 Å². The highest BCUT2D eigenvalue weighted by atomic mass is 32.2. The first kappa shape index (κ1) is 14.0. The number of nitrogens with one attached hydrogen (secondary N) is 3. The number of amides is 1. The number of carbonyl (C=O) groups excluding carboxylic acids is 1. The van der Waals surface area contributed by atoms with Crippen molar-refractivity contribution in [2.75, 3.05) is 5.32 Å². The van der Waals surface area contributed by atoms with Gasteiger partial charge in [-0.1, -0.05) is 30.8 Å². The number of hydrogen-bond acceptors (Lipinski definition) is 4. The van der Waals surface area contributed by atoms with Crippen LogP contribution in [0.2, 0.25) is 0 Å². The van der Waals surface area contributed by atoms with Gasteiger partial charge in [-0.25, -0.2) is 0 Å². The van der Waals surface area contributed by atoms with Crippen LogP contribution in [0.3, 0.4) is 0 Å². The minimum Gasteiger partial charge on any atom is -0.326 e. The summed E-state index contributed by atoms with van der Waals surface area (Å²) < 4.78 is 0. The van der Waals surface area contributed by atoms with Gasteiger partial charge < -0.3 is 5.32 Å². The van der Waals surface area contributed by atoms with E-state index in [1.807, 2.05) is 31.2 Å². The Morgan fingerprint density at radius 3 is 2.67 bits per heavy atom. The lowest BCUT2D eigenvalue weighted by molar-refractivity contribution is -0.115. The minimum atomic E-state index is 0.0240. The number of nitrogens with zero attached hydrogens (tertiary/aromatic N) is 1. The highest BCUT2D eigenvalue weighted by molar-refractivity contribution is 8.16. The molecule has 1 fully saturated rings. The molecule has 0 bridgehead atoms. The molecule has 1 saturated carbocycles. The van der Waals surface area contributed by atoms with E-state index in [9.17, 15) is 4.79 Å². The van der Waals surface area contributed by atoms with Gasteiger partial charge in [0.05, 0.1) is 11.7 Å². The third kappa shape index (κ3) is 3.78. The van der Waals surface area contributed by atoms with E-state index in [1.165, 1.54) is 12.8 Å². The Morgan fingerprint density at radius 2 is 2.10 bits per heavy atom. The van der Waals surface area contributed by atoms with Crippen molar-refractivity contribution in [2.45, 2.75) is 32.2 Å². The van der Waals surface area contributed by atoms with Crippen molar-refractivity contribution in [1.82, 2.24) is 10.9 Å². The fourth-order valence-corrected chi connectivity index (χ4v) is 2.59. The molecule has 3 rings (SSSR count). The first-order valence-corrected chi connectivity index (χ1v) is 7.99. The summed E-state index contributed by atoms with van der Waals surface area (Å²) in [6.07, 6.45) is 2.89. The quantitative estimate of drug-likeness (QED) is 0.800. The smallest absolute Gasteiger partial charge is 0.224 e. The van der Waals surface area contributed by atoms with Crippen LogP contribution in [0.1, 0.15) is 31.7 Å². The van der Waals surface area contributed by atoms with Gasteiger partial charge in [0, 0.05) is 23.1 Å². The average Bonchev–Trinajstić information content (AvgIpc) is 3.33. The van der Waals surface area contributed by atoms with Gasteiger partial charge in [0.15, 0.2) is 5.17 Å². The summed E-state index contributed by atoms with van der Waals surface area (Å²) in [6, 6.07) is 8.29. The summed E-state index contributed by atoms with van der Waals surface area (Å²) in [6.45, 7) is 1.84. The van der Waals surface area contributed by atoms with Crippen LogP contribution < -0.4 is 16.2 Å². The first-order chi connectivity index (χ1) is 10.2. The molecule has 110 valence electrons. The third-order valence-electron chi connectivity index (χ3n) is 3.24. The zero-order valence-corrected chi connectivity index (χ0v) is 12.7. The molecule has 0 aromatic heterocycles. The van der Waals surface area contributed by atoms with Crippen LogP contribution in [-0.4, -0.2) is 17.1 Å². The molecule has 2 aliphatic rings. The van der Waals surface area contributed by atoms with Gasteiger partial charge in [-0.2, -0.15) is 0 Å². The molecular formula is C15H18N4OS. The third-order valence-corrected chi connectivity index (χ3v) is 4.02. The largest absolute Gasteiger partial charge is 0.326 e. The fourth-order valence-electron chi connectivity index (χ4n) is 1.85. The van der Waals surface area contributed by atoms with E-state index >= 15 is 0 Å². The number of benzene rings is 1. The lowest BCUT2D eigenvalue weighted by Gasteiger charge is -2.19. The normalized spacial score (nSPS) is 19.5. The van der Waals surface area contributed by atoms with Crippen LogP contribution in [0, 0.1) is 0 Å². The molecule has 1 aliphatic heterocycles. The number of thioether (sulfide) groups is 1. The zero-order valence-electron chi connectivity index (χ0n) is 11.8. The van der Waals surface area contributed by atoms with Crippen molar-refractivity contribution in [3.05, 3.63) is 35.2 Å². The van der Waals surface area contributed by atoms with E-state index in [1.54, 1.807) is 11.8 Å². The van der Waals surface area contributed by atoms with Crippen LogP contribution in [0.15, 0.2) is 34.7 Å². The molecule has 0 saturated heterocycles. The summed E-state index contributed by atoms with van der Waals surface area (Å²) in [5.74, 6) is 0.0240. The van der Waals surface area contributed by atoms with Gasteiger partial charge in [-0.3, -0.25) is 20.6 Å². The standard InChI is InChI=1S/C15H18N4OS/c1-2-14(20)16-11-5-3-10(4-6-11)13-9-21-15(19-18-13)17-12-7-8-12/h3-6,9,12,18H,2,7-8H2,1H3,(H,16,20)(H,17,19). The topological polar surface area (TPSA) is 65.5 Å². The van der Waals surface area contributed by atoms with E-state index in [4.69, 9.17) is 0 Å². The minimum absolute atomic E-state index is 0.0240. The monoisotopic (exact) mass is 302 g/mol. The lowest BCUT2D eigenvalue weighted by Crippen LogP contribution is -2.37. The van der Waals surface area contributed by atoms with Crippen molar-refractivity contribution in [1.29, 1.82) is 0 Å². The van der Waals surface area contributed by atoms with Crippen molar-refractivity contribution in [2.24, 2.45) is 4.99 Å². The molecule has 1 heterocycles. The second kappa shape index (κ2) is 6.22. The number of carbonyl (C=O) groups is 1. The van der Waals surface area contributed by atoms with Gasteiger partial charge in [0.2, 0.25) is 5.91 Å². The summed E-state index contributed by atoms with van der Waals surface area (Å²) in [4.78, 5) is 15.9. The van der Waals surface area contributed by atoms with E-state index in [2.05, 4.69) is 26.6 Å². The lowest BCUT2D eigenvalue weighted by atomic mass is 10.1. The second-order valence-corrected chi connectivity index (χ2v) is 5.90. The Hall–Kier alpha value is -1.95. The Morgan fingerprint density at radius 1 is 1.33 bits per heavy atom. The van der Waals surface area contributed by atoms with Crippen LogP contribution in [0.5, 0.6) is 0 Å². The number of hydrazine groups is 1. The summed E-state index contributed by atoms with van der Waals surface area (Å²) >= 11 is 1.60. The summed E-state index contributed by atoms with van der Waals surface area (Å²) in [5.41, 5.74) is 9.17. The van der Waals surface area contributed by atoms with Crippen LogP contribution >= 0.6 is 11.8 Å². The molecule has 5 nitrogen and oxygen atoms in total. The predicted octanol–water partition coefficient (Wildman–Crippen LogP) is 2.69. The first-order valence-electron chi connectivity index (χ1n) is 7.11. The molecule has 0 atom stereocenters. The molecule has 0 radical (unpaired) electrons. The van der Waals surface area contributed by atoms with Crippen LogP contribution in [0.25, 0.3) is 5.70 Å². The number of hydrogen-bond donors (Lipinski definition) is 3. The van der Waals surface area contributed by atoms with E-state index < -0.39 is 0 Å². The van der Waals surface area contributed by atoms with Gasteiger partial charge in [-0.15, -0.1) is 0 Å². The fraction of sp³-hybridized carbons (Fsp3) is 0.333. The van der Waals surface area contributed by atoms with Gasteiger partial charge >= 0.3 is 0 Å². The predicted molar refractivity (Wildman–Crippen MR) is 87.7 cm³/mol. The Labute approximate surface area is 128 Å². The molecular weight excluding hydrogens is 284 g/mol. The van der Waals surface area contributed by atoms with Gasteiger partial charge in [-0.05, 0) is 25.0 Å². The van der Waals surface area contributed by atoms with E-state index in [-0.39, 0.29) is 5.91 Å². The number of amidine groups is 1. The van der Waals surface area contributed by atoms with E-state index in [0.717, 1.165) is 22.1 Å². The van der Waals surface area contributed by atoms with Crippen molar-refractivity contribution in [3.8, 4) is 0 Å². The highest BCUT2D eigenvalue weighted by Gasteiger charge is 2.22. The summed E-state index contributed by atoms with van der Waals surface area (Å²) in [7, 11) is 0. The van der Waals surface area contributed by atoms with Crippen LogP contribution in [-0.2, 0) is 4.79 Å². The maximum atomic E-state index is 11.3. The van der Waals surface area contributed by atoms with Crippen molar-refractivity contribution in [3.63, 3.8) is 0 Å². The number of aliphatic imine (C=N–C) groups is 1. The van der Waals surface area contributed by atoms with Crippen LogP contribution in [0.4, 0.5) is 5.69 Å². The molecule has 21 heavy (non-hydrogen) atoms. The Balaban J connectivity index is 1.64. The van der Waals surface area contributed by atoms with Gasteiger partial charge in [0.1, 0.15) is 0 Å². The maximum absolute atomic E-state index is 11.3.